The molecule has 1 N–H and O–H groups in total. The number of pyridine rings is 1. The molecule has 3 nitrogen and oxygen atoms in total. The SMILES string of the molecule is O=C(O)C(F)(F)c1cccc2ccncc12. The van der Waals surface area contributed by atoms with Gasteiger partial charge in [0.15, 0.2) is 0 Å². The van der Waals surface area contributed by atoms with Gasteiger partial charge in [0, 0.05) is 23.3 Å². The highest BCUT2D eigenvalue weighted by Crippen LogP contribution is 2.33. The molecule has 0 fully saturated rings. The minimum Gasteiger partial charge on any atom is -0.477 e. The summed E-state index contributed by atoms with van der Waals surface area (Å²) >= 11 is 0. The molecule has 0 aliphatic carbocycles. The van der Waals surface area contributed by atoms with Crippen LogP contribution in [0, 0.1) is 0 Å². The van der Waals surface area contributed by atoms with E-state index in [1.807, 2.05) is 0 Å². The second-order valence-corrected chi connectivity index (χ2v) is 3.28. The van der Waals surface area contributed by atoms with Crippen molar-refractivity contribution >= 4 is 16.7 Å². The van der Waals surface area contributed by atoms with Gasteiger partial charge in [0.1, 0.15) is 0 Å². The third-order valence-electron chi connectivity index (χ3n) is 2.29. The van der Waals surface area contributed by atoms with Crippen LogP contribution >= 0.6 is 0 Å². The molecule has 1 aromatic heterocycles. The Kier molecular flexibility index (Phi) is 2.30. The lowest BCUT2D eigenvalue weighted by Gasteiger charge is -2.13. The van der Waals surface area contributed by atoms with Crippen molar-refractivity contribution in [3.63, 3.8) is 0 Å². The Hall–Kier alpha value is -2.04. The quantitative estimate of drug-likeness (QED) is 0.850. The first-order valence-electron chi connectivity index (χ1n) is 4.48. The van der Waals surface area contributed by atoms with E-state index in [0.29, 0.717) is 5.39 Å². The number of rotatable bonds is 2. The van der Waals surface area contributed by atoms with E-state index in [-0.39, 0.29) is 5.39 Å². The predicted octanol–water partition coefficient (Wildman–Crippen LogP) is 2.41. The van der Waals surface area contributed by atoms with E-state index in [1.165, 1.54) is 18.5 Å². The summed E-state index contributed by atoms with van der Waals surface area (Å²) in [6.07, 6.45) is 2.70. The van der Waals surface area contributed by atoms with Crippen molar-refractivity contribution < 1.29 is 18.7 Å². The third kappa shape index (κ3) is 1.50. The Morgan fingerprint density at radius 1 is 1.31 bits per heavy atom. The lowest BCUT2D eigenvalue weighted by atomic mass is 10.0. The van der Waals surface area contributed by atoms with Gasteiger partial charge < -0.3 is 5.11 Å². The number of benzene rings is 1. The molecule has 0 saturated heterocycles. The lowest BCUT2D eigenvalue weighted by molar-refractivity contribution is -0.166. The first-order valence-corrected chi connectivity index (χ1v) is 4.48. The fourth-order valence-corrected chi connectivity index (χ4v) is 1.50. The number of hydrogen-bond donors (Lipinski definition) is 1. The van der Waals surface area contributed by atoms with E-state index in [0.717, 1.165) is 6.07 Å². The molecule has 0 spiro atoms. The van der Waals surface area contributed by atoms with Crippen LogP contribution in [0.4, 0.5) is 8.78 Å². The van der Waals surface area contributed by atoms with Crippen molar-refractivity contribution in [1.29, 1.82) is 0 Å². The Bertz CT molecular complexity index is 549. The summed E-state index contributed by atoms with van der Waals surface area (Å²) in [5.74, 6) is -6.06. The van der Waals surface area contributed by atoms with Crippen molar-refractivity contribution in [3.8, 4) is 0 Å². The Balaban J connectivity index is 2.74. The highest BCUT2D eigenvalue weighted by Gasteiger charge is 2.42. The molecular formula is C11H7F2NO2. The Labute approximate surface area is 89.3 Å². The highest BCUT2D eigenvalue weighted by molar-refractivity contribution is 5.90. The van der Waals surface area contributed by atoms with E-state index in [2.05, 4.69) is 4.98 Å². The van der Waals surface area contributed by atoms with Crippen molar-refractivity contribution in [2.75, 3.05) is 0 Å². The Morgan fingerprint density at radius 3 is 2.75 bits per heavy atom. The molecule has 0 amide bonds. The van der Waals surface area contributed by atoms with Crippen molar-refractivity contribution in [2.24, 2.45) is 0 Å². The van der Waals surface area contributed by atoms with Crippen molar-refractivity contribution in [3.05, 3.63) is 42.2 Å². The molecular weight excluding hydrogens is 216 g/mol. The monoisotopic (exact) mass is 223 g/mol. The fourth-order valence-electron chi connectivity index (χ4n) is 1.50. The van der Waals surface area contributed by atoms with Crippen LogP contribution in [-0.2, 0) is 10.7 Å². The van der Waals surface area contributed by atoms with Crippen molar-refractivity contribution in [1.82, 2.24) is 4.98 Å². The van der Waals surface area contributed by atoms with Gasteiger partial charge in [-0.25, -0.2) is 4.79 Å². The molecule has 0 unspecified atom stereocenters. The molecule has 0 atom stereocenters. The maximum Gasteiger partial charge on any atom is 0.379 e. The summed E-state index contributed by atoms with van der Waals surface area (Å²) in [6, 6.07) is 5.67. The summed E-state index contributed by atoms with van der Waals surface area (Å²) in [5, 5.41) is 9.17. The summed E-state index contributed by atoms with van der Waals surface area (Å²) < 4.78 is 26.8. The number of aromatic nitrogens is 1. The summed E-state index contributed by atoms with van der Waals surface area (Å²) in [7, 11) is 0. The first kappa shape index (κ1) is 10.5. The van der Waals surface area contributed by atoms with E-state index in [9.17, 15) is 13.6 Å². The molecule has 0 aliphatic heterocycles. The molecule has 16 heavy (non-hydrogen) atoms. The molecule has 82 valence electrons. The van der Waals surface area contributed by atoms with Gasteiger partial charge in [0.25, 0.3) is 0 Å². The van der Waals surface area contributed by atoms with Gasteiger partial charge in [-0.15, -0.1) is 0 Å². The van der Waals surface area contributed by atoms with Crippen LogP contribution in [0.5, 0.6) is 0 Å². The van der Waals surface area contributed by atoms with Gasteiger partial charge in [-0.1, -0.05) is 18.2 Å². The van der Waals surface area contributed by atoms with Crippen LogP contribution < -0.4 is 0 Å². The fraction of sp³-hybridized carbons (Fsp3) is 0.0909. The van der Waals surface area contributed by atoms with Gasteiger partial charge in [-0.3, -0.25) is 4.98 Å². The molecule has 0 aliphatic rings. The number of carboxylic acids is 1. The number of nitrogens with zero attached hydrogens (tertiary/aromatic N) is 1. The molecule has 1 aromatic carbocycles. The smallest absolute Gasteiger partial charge is 0.379 e. The Morgan fingerprint density at radius 2 is 2.06 bits per heavy atom. The number of aliphatic carboxylic acids is 1. The molecule has 0 saturated carbocycles. The zero-order valence-corrected chi connectivity index (χ0v) is 8.02. The number of hydrogen-bond acceptors (Lipinski definition) is 2. The van der Waals surface area contributed by atoms with Gasteiger partial charge in [-0.2, -0.15) is 8.78 Å². The second kappa shape index (κ2) is 3.52. The number of carbonyl (C=O) groups is 1. The average molecular weight is 223 g/mol. The lowest BCUT2D eigenvalue weighted by Crippen LogP contribution is -2.25. The largest absolute Gasteiger partial charge is 0.477 e. The zero-order valence-electron chi connectivity index (χ0n) is 8.02. The molecule has 2 aromatic rings. The predicted molar refractivity (Wildman–Crippen MR) is 53.3 cm³/mol. The van der Waals surface area contributed by atoms with Crippen LogP contribution in [0.25, 0.3) is 10.8 Å². The number of fused-ring (bicyclic) bond motifs is 1. The molecule has 0 radical (unpaired) electrons. The van der Waals surface area contributed by atoms with E-state index >= 15 is 0 Å². The minimum absolute atomic E-state index is 0.150. The van der Waals surface area contributed by atoms with Crippen LogP contribution in [0.3, 0.4) is 0 Å². The van der Waals surface area contributed by atoms with Crippen LogP contribution in [0.2, 0.25) is 0 Å². The minimum atomic E-state index is -3.90. The second-order valence-electron chi connectivity index (χ2n) is 3.28. The topological polar surface area (TPSA) is 50.2 Å². The van der Waals surface area contributed by atoms with Gasteiger partial charge in [0.05, 0.1) is 0 Å². The molecule has 2 rings (SSSR count). The summed E-state index contributed by atoms with van der Waals surface area (Å²) in [5.41, 5.74) is -0.536. The van der Waals surface area contributed by atoms with E-state index in [4.69, 9.17) is 5.11 Å². The first-order chi connectivity index (χ1) is 7.53. The third-order valence-corrected chi connectivity index (χ3v) is 2.29. The summed E-state index contributed by atoms with van der Waals surface area (Å²) in [4.78, 5) is 14.2. The zero-order chi connectivity index (χ0) is 11.8. The number of carboxylic acid groups (broad SMARTS) is 1. The maximum atomic E-state index is 13.4. The molecule has 0 bridgehead atoms. The standard InChI is InChI=1S/C11H7F2NO2/c12-11(13,10(15)16)9-3-1-2-7-4-5-14-6-8(7)9/h1-6H,(H,15,16). The number of alkyl halides is 2. The average Bonchev–Trinajstić information content (AvgIpc) is 2.28. The van der Waals surface area contributed by atoms with Crippen LogP contribution in [-0.4, -0.2) is 16.1 Å². The van der Waals surface area contributed by atoms with E-state index in [1.54, 1.807) is 12.1 Å². The van der Waals surface area contributed by atoms with Gasteiger partial charge in [-0.05, 0) is 11.5 Å². The van der Waals surface area contributed by atoms with Crippen molar-refractivity contribution in [2.45, 2.75) is 5.92 Å². The maximum absolute atomic E-state index is 13.4. The van der Waals surface area contributed by atoms with E-state index < -0.39 is 17.5 Å². The number of halogens is 2. The normalized spacial score (nSPS) is 11.6. The van der Waals surface area contributed by atoms with Crippen LogP contribution in [0.1, 0.15) is 5.56 Å². The molecule has 1 heterocycles. The summed E-state index contributed by atoms with van der Waals surface area (Å²) in [6.45, 7) is 0. The molecule has 5 heteroatoms. The van der Waals surface area contributed by atoms with Gasteiger partial charge in [0.2, 0.25) is 0 Å². The highest BCUT2D eigenvalue weighted by atomic mass is 19.3. The van der Waals surface area contributed by atoms with Gasteiger partial charge >= 0.3 is 11.9 Å². The van der Waals surface area contributed by atoms with Crippen LogP contribution in [0.15, 0.2) is 36.7 Å².